The van der Waals surface area contributed by atoms with E-state index in [1.807, 2.05) is 30.3 Å². The van der Waals surface area contributed by atoms with Crippen molar-refractivity contribution < 1.29 is 19.0 Å². The molecular weight excluding hydrogens is 342 g/mol. The van der Waals surface area contributed by atoms with Crippen LogP contribution in [0.15, 0.2) is 36.4 Å². The molecule has 2 aromatic rings. The SMILES string of the molecule is CCC1(CC)Cc2cc(-c3cccc(OC)c3OC)ccc2C1OC(N)=O. The number of amides is 1. The van der Waals surface area contributed by atoms with E-state index in [0.717, 1.165) is 36.0 Å². The minimum atomic E-state index is -0.724. The largest absolute Gasteiger partial charge is 0.493 e. The molecule has 0 spiro atoms. The predicted octanol–water partition coefficient (Wildman–Crippen LogP) is 4.87. The summed E-state index contributed by atoms with van der Waals surface area (Å²) in [6.07, 6.45) is 1.65. The third-order valence-electron chi connectivity index (χ3n) is 5.88. The number of hydrogen-bond donors (Lipinski definition) is 1. The number of benzene rings is 2. The first-order valence-electron chi connectivity index (χ1n) is 9.30. The third-order valence-corrected chi connectivity index (χ3v) is 5.88. The molecule has 5 heteroatoms. The molecular formula is C22H27NO4. The van der Waals surface area contributed by atoms with Gasteiger partial charge in [-0.05, 0) is 42.0 Å². The highest BCUT2D eigenvalue weighted by Gasteiger charge is 2.46. The van der Waals surface area contributed by atoms with Crippen molar-refractivity contribution in [3.8, 4) is 22.6 Å². The molecule has 0 saturated heterocycles. The van der Waals surface area contributed by atoms with Crippen molar-refractivity contribution in [1.82, 2.24) is 0 Å². The van der Waals surface area contributed by atoms with Crippen LogP contribution in [-0.4, -0.2) is 20.3 Å². The second-order valence-corrected chi connectivity index (χ2v) is 7.02. The van der Waals surface area contributed by atoms with Crippen LogP contribution in [0.4, 0.5) is 4.79 Å². The molecule has 2 N–H and O–H groups in total. The standard InChI is InChI=1S/C22H27NO4/c1-5-22(6-2)13-15-12-14(10-11-17(15)20(22)27-21(23)24)16-8-7-9-18(25-3)19(16)26-4/h7-12,20H,5-6,13H2,1-4H3,(H2,23,24). The lowest BCUT2D eigenvalue weighted by Gasteiger charge is -2.32. The summed E-state index contributed by atoms with van der Waals surface area (Å²) >= 11 is 0. The first-order chi connectivity index (χ1) is 13.0. The van der Waals surface area contributed by atoms with Crippen molar-refractivity contribution in [3.05, 3.63) is 47.5 Å². The number of rotatable bonds is 6. The fourth-order valence-electron chi connectivity index (χ4n) is 4.27. The van der Waals surface area contributed by atoms with Crippen LogP contribution in [0.1, 0.15) is 43.9 Å². The lowest BCUT2D eigenvalue weighted by atomic mass is 9.77. The Balaban J connectivity index is 2.09. The molecule has 1 unspecified atom stereocenters. The summed E-state index contributed by atoms with van der Waals surface area (Å²) in [6, 6.07) is 12.1. The van der Waals surface area contributed by atoms with Crippen molar-refractivity contribution in [2.45, 2.75) is 39.2 Å². The topological polar surface area (TPSA) is 70.8 Å². The molecule has 0 radical (unpaired) electrons. The first-order valence-corrected chi connectivity index (χ1v) is 9.30. The lowest BCUT2D eigenvalue weighted by Crippen LogP contribution is -2.30. The molecule has 2 aromatic carbocycles. The highest BCUT2D eigenvalue weighted by Crippen LogP contribution is 2.53. The van der Waals surface area contributed by atoms with Crippen LogP contribution in [0.2, 0.25) is 0 Å². The van der Waals surface area contributed by atoms with E-state index in [4.69, 9.17) is 19.9 Å². The average molecular weight is 369 g/mol. The summed E-state index contributed by atoms with van der Waals surface area (Å²) in [5.74, 6) is 1.40. The van der Waals surface area contributed by atoms with Gasteiger partial charge in [0, 0.05) is 11.0 Å². The molecule has 0 aliphatic heterocycles. The quantitative estimate of drug-likeness (QED) is 0.788. The number of fused-ring (bicyclic) bond motifs is 1. The number of nitrogens with two attached hydrogens (primary N) is 1. The van der Waals surface area contributed by atoms with Crippen molar-refractivity contribution in [2.24, 2.45) is 11.1 Å². The van der Waals surface area contributed by atoms with Gasteiger partial charge >= 0.3 is 6.09 Å². The van der Waals surface area contributed by atoms with Gasteiger partial charge in [-0.1, -0.05) is 44.2 Å². The molecule has 0 aromatic heterocycles. The Labute approximate surface area is 160 Å². The van der Waals surface area contributed by atoms with E-state index in [0.29, 0.717) is 11.5 Å². The molecule has 0 bridgehead atoms. The number of hydrogen-bond acceptors (Lipinski definition) is 4. The van der Waals surface area contributed by atoms with E-state index in [9.17, 15) is 4.79 Å². The summed E-state index contributed by atoms with van der Waals surface area (Å²) in [7, 11) is 3.28. The summed E-state index contributed by atoms with van der Waals surface area (Å²) < 4.78 is 16.6. The van der Waals surface area contributed by atoms with Crippen LogP contribution in [0.5, 0.6) is 11.5 Å². The van der Waals surface area contributed by atoms with Gasteiger partial charge in [0.25, 0.3) is 0 Å². The Bertz CT molecular complexity index is 842. The van der Waals surface area contributed by atoms with Gasteiger partial charge in [0.2, 0.25) is 0 Å². The Morgan fingerprint density at radius 3 is 2.48 bits per heavy atom. The molecule has 27 heavy (non-hydrogen) atoms. The number of methoxy groups -OCH3 is 2. The van der Waals surface area contributed by atoms with E-state index in [1.165, 1.54) is 5.56 Å². The smallest absolute Gasteiger partial charge is 0.405 e. The maximum Gasteiger partial charge on any atom is 0.405 e. The predicted molar refractivity (Wildman–Crippen MR) is 105 cm³/mol. The minimum Gasteiger partial charge on any atom is -0.493 e. The molecule has 0 fully saturated rings. The minimum absolute atomic E-state index is 0.117. The Morgan fingerprint density at radius 2 is 1.89 bits per heavy atom. The summed E-state index contributed by atoms with van der Waals surface area (Å²) in [5.41, 5.74) is 9.49. The maximum atomic E-state index is 11.5. The molecule has 1 amide bonds. The van der Waals surface area contributed by atoms with Crippen LogP contribution in [0.3, 0.4) is 0 Å². The van der Waals surface area contributed by atoms with Crippen LogP contribution >= 0.6 is 0 Å². The number of ether oxygens (including phenoxy) is 3. The van der Waals surface area contributed by atoms with Crippen LogP contribution in [0.25, 0.3) is 11.1 Å². The van der Waals surface area contributed by atoms with Gasteiger partial charge in [-0.2, -0.15) is 0 Å². The molecule has 1 atom stereocenters. The van der Waals surface area contributed by atoms with Crippen molar-refractivity contribution in [3.63, 3.8) is 0 Å². The second-order valence-electron chi connectivity index (χ2n) is 7.02. The van der Waals surface area contributed by atoms with E-state index < -0.39 is 6.09 Å². The highest BCUT2D eigenvalue weighted by atomic mass is 16.6. The molecule has 1 aliphatic carbocycles. The fraction of sp³-hybridized carbons (Fsp3) is 0.409. The monoisotopic (exact) mass is 369 g/mol. The van der Waals surface area contributed by atoms with Crippen LogP contribution in [0, 0.1) is 5.41 Å². The zero-order chi connectivity index (χ0) is 19.6. The van der Waals surface area contributed by atoms with Gasteiger partial charge in [0.1, 0.15) is 6.10 Å². The average Bonchev–Trinajstić information content (AvgIpc) is 2.99. The second kappa shape index (κ2) is 7.51. The Kier molecular flexibility index (Phi) is 5.31. The van der Waals surface area contributed by atoms with Crippen molar-refractivity contribution in [1.29, 1.82) is 0 Å². The Morgan fingerprint density at radius 1 is 1.15 bits per heavy atom. The first kappa shape index (κ1) is 19.1. The van der Waals surface area contributed by atoms with Gasteiger partial charge in [0.15, 0.2) is 11.5 Å². The number of carbonyl (C=O) groups is 1. The molecule has 0 saturated carbocycles. The summed E-state index contributed by atoms with van der Waals surface area (Å²) in [4.78, 5) is 11.5. The summed E-state index contributed by atoms with van der Waals surface area (Å²) in [5, 5.41) is 0. The Hall–Kier alpha value is -2.69. The normalized spacial score (nSPS) is 17.3. The lowest BCUT2D eigenvalue weighted by molar-refractivity contribution is 0.0140. The van der Waals surface area contributed by atoms with Gasteiger partial charge in [-0.15, -0.1) is 0 Å². The van der Waals surface area contributed by atoms with Crippen LogP contribution < -0.4 is 15.2 Å². The fourth-order valence-corrected chi connectivity index (χ4v) is 4.27. The van der Waals surface area contributed by atoms with Gasteiger partial charge in [-0.25, -0.2) is 4.79 Å². The number of primary amides is 1. The van der Waals surface area contributed by atoms with E-state index >= 15 is 0 Å². The maximum absolute atomic E-state index is 11.5. The molecule has 144 valence electrons. The van der Waals surface area contributed by atoms with E-state index in [-0.39, 0.29) is 11.5 Å². The zero-order valence-electron chi connectivity index (χ0n) is 16.4. The molecule has 5 nitrogen and oxygen atoms in total. The van der Waals surface area contributed by atoms with Crippen molar-refractivity contribution in [2.75, 3.05) is 14.2 Å². The van der Waals surface area contributed by atoms with E-state index in [2.05, 4.69) is 19.9 Å². The molecule has 1 aliphatic rings. The highest BCUT2D eigenvalue weighted by molar-refractivity contribution is 5.75. The molecule has 0 heterocycles. The van der Waals surface area contributed by atoms with Gasteiger partial charge < -0.3 is 19.9 Å². The summed E-state index contributed by atoms with van der Waals surface area (Å²) in [6.45, 7) is 4.28. The number of carbonyl (C=O) groups excluding carboxylic acids is 1. The van der Waals surface area contributed by atoms with E-state index in [1.54, 1.807) is 14.2 Å². The van der Waals surface area contributed by atoms with Gasteiger partial charge in [0.05, 0.1) is 14.2 Å². The third kappa shape index (κ3) is 3.22. The van der Waals surface area contributed by atoms with Crippen molar-refractivity contribution >= 4 is 6.09 Å². The van der Waals surface area contributed by atoms with Gasteiger partial charge in [-0.3, -0.25) is 0 Å². The van der Waals surface area contributed by atoms with Crippen LogP contribution in [-0.2, 0) is 11.2 Å². The molecule has 3 rings (SSSR count). The zero-order valence-corrected chi connectivity index (χ0v) is 16.4. The number of para-hydroxylation sites is 1.